The van der Waals surface area contributed by atoms with Crippen molar-refractivity contribution in [3.8, 4) is 0 Å². The zero-order chi connectivity index (χ0) is 15.4. The summed E-state index contributed by atoms with van der Waals surface area (Å²) >= 11 is 1.39. The molecule has 110 valence electrons. The fourth-order valence-corrected chi connectivity index (χ4v) is 2.76. The Morgan fingerprint density at radius 2 is 2.19 bits per heavy atom. The Morgan fingerprint density at radius 3 is 2.86 bits per heavy atom. The molecule has 5 nitrogen and oxygen atoms in total. The zero-order valence-electron chi connectivity index (χ0n) is 12.5. The zero-order valence-corrected chi connectivity index (χ0v) is 13.3. The summed E-state index contributed by atoms with van der Waals surface area (Å²) in [5.41, 5.74) is 3.71. The third kappa shape index (κ3) is 3.28. The van der Waals surface area contributed by atoms with Gasteiger partial charge < -0.3 is 4.84 Å². The van der Waals surface area contributed by atoms with Crippen molar-refractivity contribution < 1.29 is 9.63 Å². The van der Waals surface area contributed by atoms with E-state index in [0.717, 1.165) is 16.8 Å². The topological polar surface area (TPSA) is 54.8 Å². The number of aromatic nitrogens is 1. The molecule has 6 heteroatoms. The molecule has 0 atom stereocenters. The molecule has 0 aliphatic rings. The molecular weight excluding hydrogens is 286 g/mol. The Bertz CT molecular complexity index is 679. The highest BCUT2D eigenvalue weighted by molar-refractivity contribution is 7.14. The lowest BCUT2D eigenvalue weighted by Gasteiger charge is -2.21. The Balaban J connectivity index is 2.44. The minimum absolute atomic E-state index is 0.0757. The lowest BCUT2D eigenvalue weighted by atomic mass is 10.1. The van der Waals surface area contributed by atoms with Crippen LogP contribution in [0.2, 0.25) is 0 Å². The maximum absolute atomic E-state index is 12.1. The molecule has 1 heterocycles. The van der Waals surface area contributed by atoms with Gasteiger partial charge in [-0.3, -0.25) is 9.69 Å². The molecule has 0 aliphatic carbocycles. The Morgan fingerprint density at radius 1 is 1.43 bits per heavy atom. The number of carbonyl (C=O) groups is 1. The Hall–Kier alpha value is -2.21. The minimum Gasteiger partial charge on any atom is -0.399 e. The fraction of sp³-hybridized carbons (Fsp3) is 0.267. The quantitative estimate of drug-likeness (QED) is 0.642. The molecule has 1 aromatic heterocycles. The van der Waals surface area contributed by atoms with Gasteiger partial charge in [0, 0.05) is 12.3 Å². The average Bonchev–Trinajstić information content (AvgIpc) is 2.89. The first-order valence-electron chi connectivity index (χ1n) is 6.43. The molecule has 0 radical (unpaired) electrons. The van der Waals surface area contributed by atoms with E-state index in [1.165, 1.54) is 31.6 Å². The van der Waals surface area contributed by atoms with Gasteiger partial charge in [0.2, 0.25) is 5.91 Å². The number of benzene rings is 1. The van der Waals surface area contributed by atoms with Crippen molar-refractivity contribution in [2.45, 2.75) is 20.8 Å². The summed E-state index contributed by atoms with van der Waals surface area (Å²) < 4.78 is 0. The number of nitrogens with zero attached hydrogens (tertiary/aromatic N) is 3. The summed E-state index contributed by atoms with van der Waals surface area (Å²) in [5, 5.41) is 6.13. The predicted octanol–water partition coefficient (Wildman–Crippen LogP) is 3.42. The van der Waals surface area contributed by atoms with Crippen molar-refractivity contribution in [1.82, 2.24) is 4.98 Å². The van der Waals surface area contributed by atoms with Crippen LogP contribution in [0.1, 0.15) is 23.7 Å². The molecule has 21 heavy (non-hydrogen) atoms. The van der Waals surface area contributed by atoms with E-state index in [1.54, 1.807) is 4.90 Å². The average molecular weight is 303 g/mol. The Kier molecular flexibility index (Phi) is 4.70. The molecule has 1 amide bonds. The number of oxime groups is 1. The van der Waals surface area contributed by atoms with E-state index >= 15 is 0 Å². The van der Waals surface area contributed by atoms with Crippen LogP contribution in [-0.4, -0.2) is 24.2 Å². The first kappa shape index (κ1) is 15.2. The lowest BCUT2D eigenvalue weighted by molar-refractivity contribution is -0.115. The number of anilines is 2. The van der Waals surface area contributed by atoms with Crippen LogP contribution in [0.25, 0.3) is 0 Å². The van der Waals surface area contributed by atoms with Crippen LogP contribution in [0.15, 0.2) is 28.7 Å². The number of rotatable bonds is 4. The Labute approximate surface area is 127 Å². The standard InChI is InChI=1S/C15H17N3O2S/c1-10-6-5-7-14(11(10)2)18(12(3)19)15-17-13(9-21-15)8-16-20-4/h5-9H,1-4H3/b16-8-. The highest BCUT2D eigenvalue weighted by Gasteiger charge is 2.19. The van der Waals surface area contributed by atoms with Crippen molar-refractivity contribution in [3.63, 3.8) is 0 Å². The summed E-state index contributed by atoms with van der Waals surface area (Å²) in [6.45, 7) is 5.56. The number of hydrogen-bond donors (Lipinski definition) is 0. The first-order chi connectivity index (χ1) is 10.0. The lowest BCUT2D eigenvalue weighted by Crippen LogP contribution is -2.23. The van der Waals surface area contributed by atoms with Gasteiger partial charge in [0.05, 0.1) is 17.6 Å². The first-order valence-corrected chi connectivity index (χ1v) is 7.31. The highest BCUT2D eigenvalue weighted by Crippen LogP contribution is 2.32. The highest BCUT2D eigenvalue weighted by atomic mass is 32.1. The van der Waals surface area contributed by atoms with Gasteiger partial charge in [-0.1, -0.05) is 17.3 Å². The molecule has 0 unspecified atom stereocenters. The van der Waals surface area contributed by atoms with Gasteiger partial charge in [-0.15, -0.1) is 11.3 Å². The molecular formula is C15H17N3O2S. The second-order valence-corrected chi connectivity index (χ2v) is 5.38. The number of aryl methyl sites for hydroxylation is 1. The molecule has 0 spiro atoms. The third-order valence-corrected chi connectivity index (χ3v) is 3.97. The second kappa shape index (κ2) is 6.49. The summed E-state index contributed by atoms with van der Waals surface area (Å²) in [5.74, 6) is -0.0757. The van der Waals surface area contributed by atoms with Gasteiger partial charge >= 0.3 is 0 Å². The van der Waals surface area contributed by atoms with Gasteiger partial charge in [0.25, 0.3) is 0 Å². The van der Waals surface area contributed by atoms with Gasteiger partial charge in [0.1, 0.15) is 7.11 Å². The van der Waals surface area contributed by atoms with E-state index in [9.17, 15) is 4.79 Å². The SMILES string of the molecule is CO/N=C\c1csc(N(C(C)=O)c2cccc(C)c2C)n1. The smallest absolute Gasteiger partial charge is 0.230 e. The van der Waals surface area contributed by atoms with E-state index in [4.69, 9.17) is 0 Å². The van der Waals surface area contributed by atoms with Crippen LogP contribution >= 0.6 is 11.3 Å². The van der Waals surface area contributed by atoms with Gasteiger partial charge in [-0.25, -0.2) is 4.98 Å². The van der Waals surface area contributed by atoms with Crippen LogP contribution in [0.3, 0.4) is 0 Å². The molecule has 1 aromatic carbocycles. The fourth-order valence-electron chi connectivity index (χ4n) is 1.93. The largest absolute Gasteiger partial charge is 0.399 e. The van der Waals surface area contributed by atoms with Crippen LogP contribution in [0, 0.1) is 13.8 Å². The van der Waals surface area contributed by atoms with E-state index in [2.05, 4.69) is 15.0 Å². The van der Waals surface area contributed by atoms with Crippen LogP contribution in [0.4, 0.5) is 10.8 Å². The minimum atomic E-state index is -0.0757. The molecule has 0 fully saturated rings. The monoisotopic (exact) mass is 303 g/mol. The predicted molar refractivity (Wildman–Crippen MR) is 85.5 cm³/mol. The number of hydrogen-bond acceptors (Lipinski definition) is 5. The molecule has 2 aromatic rings. The van der Waals surface area contributed by atoms with Crippen LogP contribution in [0.5, 0.6) is 0 Å². The van der Waals surface area contributed by atoms with Gasteiger partial charge in [0.15, 0.2) is 5.13 Å². The van der Waals surface area contributed by atoms with E-state index in [0.29, 0.717) is 10.8 Å². The molecule has 2 rings (SSSR count). The molecule has 0 N–H and O–H groups in total. The summed E-state index contributed by atoms with van der Waals surface area (Å²) in [7, 11) is 1.47. The third-order valence-electron chi connectivity index (χ3n) is 3.12. The summed E-state index contributed by atoms with van der Waals surface area (Å²) in [6, 6.07) is 5.89. The van der Waals surface area contributed by atoms with Gasteiger partial charge in [-0.2, -0.15) is 0 Å². The van der Waals surface area contributed by atoms with Crippen LogP contribution < -0.4 is 4.90 Å². The van der Waals surface area contributed by atoms with Crippen molar-refractivity contribution >= 4 is 34.3 Å². The molecule has 0 bridgehead atoms. The van der Waals surface area contributed by atoms with Gasteiger partial charge in [-0.05, 0) is 31.0 Å². The van der Waals surface area contributed by atoms with Crippen LogP contribution in [-0.2, 0) is 9.63 Å². The van der Waals surface area contributed by atoms with E-state index in [-0.39, 0.29) is 5.91 Å². The second-order valence-electron chi connectivity index (χ2n) is 4.55. The van der Waals surface area contributed by atoms with Crippen molar-refractivity contribution in [3.05, 3.63) is 40.4 Å². The summed E-state index contributed by atoms with van der Waals surface area (Å²) in [4.78, 5) is 22.7. The molecule has 0 aliphatic heterocycles. The molecule has 0 saturated heterocycles. The molecule has 0 saturated carbocycles. The number of thiazole rings is 1. The van der Waals surface area contributed by atoms with Crippen molar-refractivity contribution in [1.29, 1.82) is 0 Å². The van der Waals surface area contributed by atoms with E-state index < -0.39 is 0 Å². The maximum atomic E-state index is 12.1. The number of amides is 1. The number of carbonyl (C=O) groups excluding carboxylic acids is 1. The van der Waals surface area contributed by atoms with Crippen molar-refractivity contribution in [2.24, 2.45) is 5.16 Å². The van der Waals surface area contributed by atoms with Crippen molar-refractivity contribution in [2.75, 3.05) is 12.0 Å². The normalized spacial score (nSPS) is 10.9. The summed E-state index contributed by atoms with van der Waals surface area (Å²) in [6.07, 6.45) is 1.52. The van der Waals surface area contributed by atoms with E-state index in [1.807, 2.05) is 37.4 Å². The maximum Gasteiger partial charge on any atom is 0.230 e.